The lowest BCUT2D eigenvalue weighted by atomic mass is 10.1. The predicted octanol–water partition coefficient (Wildman–Crippen LogP) is 2.49. The molecule has 0 radical (unpaired) electrons. The van der Waals surface area contributed by atoms with Gasteiger partial charge in [0.15, 0.2) is 0 Å². The fourth-order valence-corrected chi connectivity index (χ4v) is 2.09. The van der Waals surface area contributed by atoms with E-state index in [-0.39, 0.29) is 12.5 Å². The molecule has 2 aromatic rings. The van der Waals surface area contributed by atoms with Gasteiger partial charge < -0.3 is 19.5 Å². The van der Waals surface area contributed by atoms with Crippen molar-refractivity contribution in [3.8, 4) is 29.1 Å². The van der Waals surface area contributed by atoms with E-state index in [1.807, 2.05) is 24.3 Å². The highest BCUT2D eigenvalue weighted by Crippen LogP contribution is 2.24. The standard InChI is InChI=1S/C19H19NO4/c1-22-15-10-11-16(18(13-15)24-3)19(21)20-12-6-8-14-7-4-5-9-17(14)23-2/h4-5,7,9-11,13H,12H2,1-3H3,(H,20,21). The highest BCUT2D eigenvalue weighted by Gasteiger charge is 2.12. The lowest BCUT2D eigenvalue weighted by Gasteiger charge is -2.09. The first kappa shape index (κ1) is 17.2. The minimum atomic E-state index is -0.260. The summed E-state index contributed by atoms with van der Waals surface area (Å²) in [5.41, 5.74) is 1.20. The molecule has 0 atom stereocenters. The average molecular weight is 325 g/mol. The number of nitrogens with one attached hydrogen (secondary N) is 1. The summed E-state index contributed by atoms with van der Waals surface area (Å²) >= 11 is 0. The molecule has 0 heterocycles. The van der Waals surface area contributed by atoms with Crippen LogP contribution < -0.4 is 19.5 Å². The first-order valence-corrected chi connectivity index (χ1v) is 7.31. The number of methoxy groups -OCH3 is 3. The van der Waals surface area contributed by atoms with Crippen molar-refractivity contribution in [1.29, 1.82) is 0 Å². The Kier molecular flexibility index (Phi) is 6.09. The number of carbonyl (C=O) groups is 1. The maximum absolute atomic E-state index is 12.2. The Balaban J connectivity index is 2.03. The van der Waals surface area contributed by atoms with Gasteiger partial charge in [0, 0.05) is 6.07 Å². The van der Waals surface area contributed by atoms with Gasteiger partial charge in [-0.15, -0.1) is 0 Å². The number of hydrogen-bond donors (Lipinski definition) is 1. The van der Waals surface area contributed by atoms with E-state index in [2.05, 4.69) is 17.2 Å². The smallest absolute Gasteiger partial charge is 0.255 e. The predicted molar refractivity (Wildman–Crippen MR) is 91.8 cm³/mol. The fraction of sp³-hybridized carbons (Fsp3) is 0.211. The Morgan fingerprint density at radius 3 is 2.46 bits per heavy atom. The third-order valence-electron chi connectivity index (χ3n) is 3.32. The first-order valence-electron chi connectivity index (χ1n) is 7.31. The Hall–Kier alpha value is -3.13. The van der Waals surface area contributed by atoms with Gasteiger partial charge in [-0.25, -0.2) is 0 Å². The number of rotatable bonds is 5. The molecule has 0 aliphatic rings. The number of carbonyl (C=O) groups excluding carboxylic acids is 1. The molecular formula is C19H19NO4. The van der Waals surface area contributed by atoms with Gasteiger partial charge in [0.2, 0.25) is 0 Å². The maximum Gasteiger partial charge on any atom is 0.255 e. The van der Waals surface area contributed by atoms with E-state index < -0.39 is 0 Å². The molecule has 0 aliphatic carbocycles. The molecule has 0 saturated carbocycles. The molecule has 0 fully saturated rings. The van der Waals surface area contributed by atoms with E-state index in [0.717, 1.165) is 5.56 Å². The molecular weight excluding hydrogens is 306 g/mol. The molecule has 2 aromatic carbocycles. The van der Waals surface area contributed by atoms with Gasteiger partial charge in [-0.05, 0) is 24.3 Å². The molecule has 5 heteroatoms. The summed E-state index contributed by atoms with van der Waals surface area (Å²) in [6.45, 7) is 0.214. The summed E-state index contributed by atoms with van der Waals surface area (Å²) in [5.74, 6) is 7.40. The van der Waals surface area contributed by atoms with Crippen LogP contribution in [0.25, 0.3) is 0 Å². The third-order valence-corrected chi connectivity index (χ3v) is 3.32. The molecule has 0 bridgehead atoms. The van der Waals surface area contributed by atoms with Crippen molar-refractivity contribution in [2.24, 2.45) is 0 Å². The number of benzene rings is 2. The topological polar surface area (TPSA) is 56.8 Å². The van der Waals surface area contributed by atoms with Crippen molar-refractivity contribution >= 4 is 5.91 Å². The number of para-hydroxylation sites is 1. The SMILES string of the molecule is COc1ccc(C(=O)NCC#Cc2ccccc2OC)c(OC)c1. The Bertz CT molecular complexity index is 774. The van der Waals surface area contributed by atoms with Gasteiger partial charge in [0.25, 0.3) is 5.91 Å². The van der Waals surface area contributed by atoms with Crippen molar-refractivity contribution < 1.29 is 19.0 Å². The van der Waals surface area contributed by atoms with E-state index in [1.165, 1.54) is 7.11 Å². The summed E-state index contributed by atoms with van der Waals surface area (Å²) in [7, 11) is 4.66. The normalized spacial score (nSPS) is 9.46. The van der Waals surface area contributed by atoms with Crippen LogP contribution in [-0.2, 0) is 0 Å². The summed E-state index contributed by atoms with van der Waals surface area (Å²) < 4.78 is 15.6. The molecule has 5 nitrogen and oxygen atoms in total. The molecule has 0 saturated heterocycles. The molecule has 0 unspecified atom stereocenters. The molecule has 2 rings (SSSR count). The van der Waals surface area contributed by atoms with Crippen molar-refractivity contribution in [3.05, 3.63) is 53.6 Å². The third kappa shape index (κ3) is 4.20. The van der Waals surface area contributed by atoms with Crippen LogP contribution in [-0.4, -0.2) is 33.8 Å². The second-order valence-electron chi connectivity index (χ2n) is 4.75. The zero-order valence-corrected chi connectivity index (χ0v) is 13.9. The molecule has 0 aromatic heterocycles. The van der Waals surface area contributed by atoms with Crippen LogP contribution in [0.2, 0.25) is 0 Å². The minimum Gasteiger partial charge on any atom is -0.497 e. The van der Waals surface area contributed by atoms with Crippen molar-refractivity contribution in [1.82, 2.24) is 5.32 Å². The van der Waals surface area contributed by atoms with E-state index in [9.17, 15) is 4.79 Å². The van der Waals surface area contributed by atoms with Crippen LogP contribution in [0.4, 0.5) is 0 Å². The zero-order chi connectivity index (χ0) is 17.4. The molecule has 1 amide bonds. The van der Waals surface area contributed by atoms with Crippen molar-refractivity contribution in [2.45, 2.75) is 0 Å². The lowest BCUT2D eigenvalue weighted by molar-refractivity contribution is 0.0955. The molecule has 0 spiro atoms. The van der Waals surface area contributed by atoms with Gasteiger partial charge in [-0.3, -0.25) is 4.79 Å². The monoisotopic (exact) mass is 325 g/mol. The molecule has 0 aliphatic heterocycles. The Labute approximate surface area is 141 Å². The van der Waals surface area contributed by atoms with Crippen molar-refractivity contribution in [3.63, 3.8) is 0 Å². The Morgan fingerprint density at radius 2 is 1.75 bits per heavy atom. The lowest BCUT2D eigenvalue weighted by Crippen LogP contribution is -2.24. The fourth-order valence-electron chi connectivity index (χ4n) is 2.09. The average Bonchev–Trinajstić information content (AvgIpc) is 2.64. The number of hydrogen-bond acceptors (Lipinski definition) is 4. The second-order valence-corrected chi connectivity index (χ2v) is 4.75. The molecule has 124 valence electrons. The van der Waals surface area contributed by atoms with E-state index in [0.29, 0.717) is 22.8 Å². The van der Waals surface area contributed by atoms with Gasteiger partial charge in [0.05, 0.1) is 39.0 Å². The largest absolute Gasteiger partial charge is 0.497 e. The number of ether oxygens (including phenoxy) is 3. The maximum atomic E-state index is 12.2. The summed E-state index contributed by atoms with van der Waals surface area (Å²) in [6, 6.07) is 12.5. The first-order chi connectivity index (χ1) is 11.7. The second kappa shape index (κ2) is 8.49. The number of amides is 1. The van der Waals surface area contributed by atoms with Crippen LogP contribution in [0.3, 0.4) is 0 Å². The van der Waals surface area contributed by atoms with Gasteiger partial charge in [0.1, 0.15) is 17.2 Å². The zero-order valence-electron chi connectivity index (χ0n) is 13.9. The van der Waals surface area contributed by atoms with Crippen LogP contribution in [0, 0.1) is 11.8 Å². The van der Waals surface area contributed by atoms with Crippen LogP contribution in [0.1, 0.15) is 15.9 Å². The molecule has 24 heavy (non-hydrogen) atoms. The summed E-state index contributed by atoms with van der Waals surface area (Å²) in [6.07, 6.45) is 0. The van der Waals surface area contributed by atoms with Crippen LogP contribution >= 0.6 is 0 Å². The van der Waals surface area contributed by atoms with Gasteiger partial charge in [-0.2, -0.15) is 0 Å². The Morgan fingerprint density at radius 1 is 1.00 bits per heavy atom. The van der Waals surface area contributed by atoms with Gasteiger partial charge in [-0.1, -0.05) is 24.0 Å². The summed E-state index contributed by atoms with van der Waals surface area (Å²) in [4.78, 5) is 12.2. The molecule has 1 N–H and O–H groups in total. The highest BCUT2D eigenvalue weighted by atomic mass is 16.5. The van der Waals surface area contributed by atoms with Crippen molar-refractivity contribution in [2.75, 3.05) is 27.9 Å². The van der Waals surface area contributed by atoms with E-state index >= 15 is 0 Å². The quantitative estimate of drug-likeness (QED) is 0.858. The van der Waals surface area contributed by atoms with Gasteiger partial charge >= 0.3 is 0 Å². The summed E-state index contributed by atoms with van der Waals surface area (Å²) in [5, 5.41) is 2.74. The van der Waals surface area contributed by atoms with E-state index in [4.69, 9.17) is 14.2 Å². The van der Waals surface area contributed by atoms with Crippen LogP contribution in [0.15, 0.2) is 42.5 Å². The minimum absolute atomic E-state index is 0.214. The van der Waals surface area contributed by atoms with Crippen LogP contribution in [0.5, 0.6) is 17.2 Å². The highest BCUT2D eigenvalue weighted by molar-refractivity contribution is 5.97. The van der Waals surface area contributed by atoms with E-state index in [1.54, 1.807) is 32.4 Å².